The van der Waals surface area contributed by atoms with E-state index in [0.29, 0.717) is 11.3 Å². The van der Waals surface area contributed by atoms with Crippen molar-refractivity contribution < 1.29 is 33.9 Å². The number of hydrogen-bond acceptors (Lipinski definition) is 7. The summed E-state index contributed by atoms with van der Waals surface area (Å²) >= 11 is 1.24. The van der Waals surface area contributed by atoms with Gasteiger partial charge in [-0.25, -0.2) is 0 Å². The molecule has 0 fully saturated rings. The number of carbonyl (C=O) groups is 6. The summed E-state index contributed by atoms with van der Waals surface area (Å²) in [5.74, 6) is -4.91. The van der Waals surface area contributed by atoms with Crippen molar-refractivity contribution in [3.05, 3.63) is 35.4 Å². The summed E-state index contributed by atoms with van der Waals surface area (Å²) in [4.78, 5) is 72.7. The number of fused-ring (bicyclic) bond motifs is 1. The molecular weight excluding hydrogens is 454 g/mol. The molecule has 8 N–H and O–H groups in total. The molecule has 1 heterocycles. The molecule has 0 unspecified atom stereocenters. The predicted octanol–water partition coefficient (Wildman–Crippen LogP) is -1.77. The number of amides is 5. The molecular formula is C20H25N5O7S. The number of hydrogen-bond donors (Lipinski definition) is 6. The average Bonchev–Trinajstić information content (AvgIpc) is 2.74. The fraction of sp³-hybridized carbons (Fsp3) is 0.400. The number of nitrogens with two attached hydrogens (primary N) is 2. The molecule has 33 heavy (non-hydrogen) atoms. The molecule has 0 aliphatic carbocycles. The number of aliphatic carboxylic acids is 1. The zero-order valence-electron chi connectivity index (χ0n) is 17.5. The minimum Gasteiger partial charge on any atom is -0.481 e. The zero-order valence-corrected chi connectivity index (χ0v) is 18.4. The number of nitrogens with one attached hydrogen (secondary N) is 3. The highest BCUT2D eigenvalue weighted by Gasteiger charge is 2.31. The highest BCUT2D eigenvalue weighted by Crippen LogP contribution is 2.18. The number of carboxylic acids is 1. The van der Waals surface area contributed by atoms with Crippen LogP contribution in [0.15, 0.2) is 24.3 Å². The lowest BCUT2D eigenvalue weighted by Gasteiger charge is -2.25. The average molecular weight is 480 g/mol. The van der Waals surface area contributed by atoms with Gasteiger partial charge in [0, 0.05) is 23.5 Å². The Morgan fingerprint density at radius 3 is 2.30 bits per heavy atom. The van der Waals surface area contributed by atoms with Crippen LogP contribution in [0.5, 0.6) is 0 Å². The van der Waals surface area contributed by atoms with Crippen molar-refractivity contribution in [3.8, 4) is 0 Å². The van der Waals surface area contributed by atoms with Crippen LogP contribution in [-0.2, 0) is 29.7 Å². The molecule has 1 aromatic carbocycles. The van der Waals surface area contributed by atoms with E-state index in [1.165, 1.54) is 11.8 Å². The maximum atomic E-state index is 12.9. The van der Waals surface area contributed by atoms with Gasteiger partial charge in [-0.3, -0.25) is 28.8 Å². The van der Waals surface area contributed by atoms with Gasteiger partial charge in [-0.05, 0) is 18.1 Å². The molecule has 5 amide bonds. The third-order valence-electron chi connectivity index (χ3n) is 4.77. The zero-order chi connectivity index (χ0) is 24.5. The van der Waals surface area contributed by atoms with Crippen LogP contribution in [-0.4, -0.2) is 64.5 Å². The van der Waals surface area contributed by atoms with E-state index >= 15 is 0 Å². The van der Waals surface area contributed by atoms with Crippen molar-refractivity contribution in [2.24, 2.45) is 11.5 Å². The van der Waals surface area contributed by atoms with Crippen LogP contribution in [0.25, 0.3) is 0 Å². The maximum absolute atomic E-state index is 12.9. The van der Waals surface area contributed by atoms with E-state index in [-0.39, 0.29) is 17.7 Å². The van der Waals surface area contributed by atoms with Crippen molar-refractivity contribution in [2.45, 2.75) is 43.1 Å². The first-order chi connectivity index (χ1) is 15.6. The topological polar surface area (TPSA) is 211 Å². The van der Waals surface area contributed by atoms with Crippen molar-refractivity contribution in [2.75, 3.05) is 5.75 Å². The number of benzene rings is 1. The SMILES string of the molecule is NC(=O)C[C@@H]1NC(=O)[C@H](CCC(=O)O)NC(=O)c2ccccc2CSC[C@@H](C(N)=O)NC1=O. The van der Waals surface area contributed by atoms with Crippen LogP contribution >= 0.6 is 11.8 Å². The van der Waals surface area contributed by atoms with E-state index in [1.54, 1.807) is 24.3 Å². The van der Waals surface area contributed by atoms with Crippen LogP contribution in [0.2, 0.25) is 0 Å². The first-order valence-electron chi connectivity index (χ1n) is 9.95. The molecule has 2 rings (SSSR count). The highest BCUT2D eigenvalue weighted by molar-refractivity contribution is 7.98. The minimum absolute atomic E-state index is 0.0789. The second kappa shape index (κ2) is 11.9. The van der Waals surface area contributed by atoms with Gasteiger partial charge in [-0.15, -0.1) is 0 Å². The number of primary amides is 2. The van der Waals surface area contributed by atoms with Crippen LogP contribution in [0.4, 0.5) is 0 Å². The fourth-order valence-corrected chi connectivity index (χ4v) is 4.15. The largest absolute Gasteiger partial charge is 0.481 e. The Balaban J connectivity index is 2.43. The summed E-state index contributed by atoms with van der Waals surface area (Å²) in [5.41, 5.74) is 11.4. The third-order valence-corrected chi connectivity index (χ3v) is 5.86. The van der Waals surface area contributed by atoms with E-state index in [4.69, 9.17) is 16.6 Å². The van der Waals surface area contributed by atoms with Gasteiger partial charge in [0.25, 0.3) is 5.91 Å². The van der Waals surface area contributed by atoms with Crippen LogP contribution in [0.1, 0.15) is 35.2 Å². The van der Waals surface area contributed by atoms with Gasteiger partial charge < -0.3 is 32.5 Å². The lowest BCUT2D eigenvalue weighted by molar-refractivity contribution is -0.137. The summed E-state index contributed by atoms with van der Waals surface area (Å²) in [7, 11) is 0. The van der Waals surface area contributed by atoms with Crippen LogP contribution in [0, 0.1) is 0 Å². The van der Waals surface area contributed by atoms with Gasteiger partial charge in [0.15, 0.2) is 0 Å². The summed E-state index contributed by atoms with van der Waals surface area (Å²) in [5, 5.41) is 16.2. The second-order valence-electron chi connectivity index (χ2n) is 7.33. The lowest BCUT2D eigenvalue weighted by Crippen LogP contribution is -2.57. The maximum Gasteiger partial charge on any atom is 0.303 e. The van der Waals surface area contributed by atoms with Crippen LogP contribution < -0.4 is 27.4 Å². The number of rotatable bonds is 6. The van der Waals surface area contributed by atoms with Crippen molar-refractivity contribution in [3.63, 3.8) is 0 Å². The molecule has 0 bridgehead atoms. The first kappa shape index (κ1) is 25.6. The molecule has 0 saturated carbocycles. The van der Waals surface area contributed by atoms with E-state index in [1.807, 2.05) is 0 Å². The van der Waals surface area contributed by atoms with Gasteiger partial charge in [0.1, 0.15) is 18.1 Å². The Kier molecular flexibility index (Phi) is 9.21. The fourth-order valence-electron chi connectivity index (χ4n) is 3.08. The Hall–Kier alpha value is -3.61. The van der Waals surface area contributed by atoms with Crippen LogP contribution in [0.3, 0.4) is 0 Å². The van der Waals surface area contributed by atoms with E-state index in [9.17, 15) is 28.8 Å². The summed E-state index contributed by atoms with van der Waals surface area (Å²) < 4.78 is 0. The Labute approximate surface area is 193 Å². The third kappa shape index (κ3) is 7.79. The van der Waals surface area contributed by atoms with Gasteiger partial charge in [-0.1, -0.05) is 18.2 Å². The monoisotopic (exact) mass is 479 g/mol. The Bertz CT molecular complexity index is 954. The van der Waals surface area contributed by atoms with E-state index in [0.717, 1.165) is 0 Å². The second-order valence-corrected chi connectivity index (χ2v) is 8.36. The Morgan fingerprint density at radius 2 is 1.67 bits per heavy atom. The minimum atomic E-state index is -1.46. The van der Waals surface area contributed by atoms with Crippen molar-refractivity contribution in [1.82, 2.24) is 16.0 Å². The van der Waals surface area contributed by atoms with Gasteiger partial charge in [0.05, 0.1) is 6.42 Å². The molecule has 0 saturated heterocycles. The molecule has 178 valence electrons. The number of thioether (sulfide) groups is 1. The van der Waals surface area contributed by atoms with Gasteiger partial charge in [0.2, 0.25) is 23.6 Å². The number of carbonyl (C=O) groups excluding carboxylic acids is 5. The van der Waals surface area contributed by atoms with Crippen molar-refractivity contribution in [1.29, 1.82) is 0 Å². The normalized spacial score (nSPS) is 22.1. The lowest BCUT2D eigenvalue weighted by atomic mass is 10.1. The molecule has 1 aliphatic rings. The molecule has 0 spiro atoms. The van der Waals surface area contributed by atoms with Crippen molar-refractivity contribution >= 4 is 47.3 Å². The predicted molar refractivity (Wildman–Crippen MR) is 118 cm³/mol. The molecule has 1 aliphatic heterocycles. The quantitative estimate of drug-likeness (QED) is 0.274. The van der Waals surface area contributed by atoms with Gasteiger partial charge >= 0.3 is 5.97 Å². The molecule has 13 heteroatoms. The summed E-state index contributed by atoms with van der Waals surface area (Å²) in [6, 6.07) is 2.71. The molecule has 12 nitrogen and oxygen atoms in total. The molecule has 0 radical (unpaired) electrons. The Morgan fingerprint density at radius 1 is 1.00 bits per heavy atom. The number of carboxylic acid groups (broad SMARTS) is 1. The summed E-state index contributed by atoms with van der Waals surface area (Å²) in [6.07, 6.45) is -1.29. The molecule has 1 aromatic rings. The molecule has 3 atom stereocenters. The standard InChI is InChI=1S/C20H25N5O7S/c21-15(26)7-13-20(32)25-14(17(22)29)9-33-8-10-3-1-2-4-11(10)18(30)23-12(19(31)24-13)5-6-16(27)28/h1-4,12-14H,5-9H2,(H2,21,26)(H2,22,29)(H,23,30)(H,24,31)(H,25,32)(H,27,28)/t12-,13-,14-/m0/s1. The summed E-state index contributed by atoms with van der Waals surface area (Å²) in [6.45, 7) is 0. The van der Waals surface area contributed by atoms with E-state index < -0.39 is 66.5 Å². The first-order valence-corrected chi connectivity index (χ1v) is 11.1. The molecule has 0 aromatic heterocycles. The van der Waals surface area contributed by atoms with E-state index in [2.05, 4.69) is 16.0 Å². The highest BCUT2D eigenvalue weighted by atomic mass is 32.2. The smallest absolute Gasteiger partial charge is 0.303 e. The van der Waals surface area contributed by atoms with Gasteiger partial charge in [-0.2, -0.15) is 11.8 Å².